The van der Waals surface area contributed by atoms with Crippen LogP contribution >= 0.6 is 11.3 Å². The van der Waals surface area contributed by atoms with Gasteiger partial charge in [-0.2, -0.15) is 4.31 Å². The summed E-state index contributed by atoms with van der Waals surface area (Å²) >= 11 is 1.21. The Morgan fingerprint density at radius 3 is 2.46 bits per heavy atom. The smallest absolute Gasteiger partial charge is 0.257 e. The van der Waals surface area contributed by atoms with Gasteiger partial charge in [-0.15, -0.1) is 13.2 Å². The Bertz CT molecular complexity index is 1110. The number of thiazole rings is 1. The Morgan fingerprint density at radius 2 is 1.82 bits per heavy atom. The number of hydrogen-bond donors (Lipinski definition) is 1. The molecule has 0 bridgehead atoms. The van der Waals surface area contributed by atoms with E-state index >= 15 is 0 Å². The highest BCUT2D eigenvalue weighted by Crippen LogP contribution is 2.29. The quantitative estimate of drug-likeness (QED) is 0.571. The number of fused-ring (bicyclic) bond motifs is 1. The van der Waals surface area contributed by atoms with Gasteiger partial charge in [0.25, 0.3) is 5.91 Å². The average molecular weight is 415 g/mol. The summed E-state index contributed by atoms with van der Waals surface area (Å²) in [6.07, 6.45) is 6.11. The fourth-order valence-corrected chi connectivity index (χ4v) is 4.88. The maximum Gasteiger partial charge on any atom is 0.257 e. The minimum absolute atomic E-state index is 0.152. The Hall–Kier alpha value is -2.88. The molecule has 28 heavy (non-hydrogen) atoms. The second kappa shape index (κ2) is 8.42. The molecule has 0 spiro atoms. The number of anilines is 1. The largest absolute Gasteiger partial charge is 0.298 e. The highest BCUT2D eigenvalue weighted by molar-refractivity contribution is 7.89. The lowest BCUT2D eigenvalue weighted by Gasteiger charge is -2.18. The standard InChI is InChI=1S/C19H18N4O3S2/c1-3-11-23(12-4-2)28(25,26)15-5-6-16-17(13-15)27-19(21-16)22-18(24)14-7-9-20-10-8-14/h3-10,13H,1-2,11-12H2,(H,21,22,24). The van der Waals surface area contributed by atoms with Crippen LogP contribution in [0.2, 0.25) is 0 Å². The number of sulfonamides is 1. The van der Waals surface area contributed by atoms with Gasteiger partial charge in [-0.3, -0.25) is 15.1 Å². The number of nitrogens with zero attached hydrogens (tertiary/aromatic N) is 3. The lowest BCUT2D eigenvalue weighted by atomic mass is 10.2. The van der Waals surface area contributed by atoms with Crippen LogP contribution in [-0.4, -0.2) is 41.7 Å². The number of carbonyl (C=O) groups is 1. The van der Waals surface area contributed by atoms with Crippen molar-refractivity contribution in [2.75, 3.05) is 18.4 Å². The molecule has 0 aliphatic carbocycles. The van der Waals surface area contributed by atoms with Gasteiger partial charge in [0.2, 0.25) is 10.0 Å². The molecule has 0 aliphatic heterocycles. The van der Waals surface area contributed by atoms with Crippen molar-refractivity contribution in [1.29, 1.82) is 0 Å². The van der Waals surface area contributed by atoms with E-state index in [0.717, 1.165) is 0 Å². The highest BCUT2D eigenvalue weighted by atomic mass is 32.2. The van der Waals surface area contributed by atoms with Gasteiger partial charge in [0.1, 0.15) is 0 Å². The monoisotopic (exact) mass is 414 g/mol. The third-order valence-electron chi connectivity index (χ3n) is 3.83. The number of rotatable bonds is 8. The van der Waals surface area contributed by atoms with Crippen LogP contribution in [0, 0.1) is 0 Å². The third kappa shape index (κ3) is 4.16. The van der Waals surface area contributed by atoms with Gasteiger partial charge in [0.05, 0.1) is 15.1 Å². The Kier molecular flexibility index (Phi) is 5.98. The number of benzene rings is 1. The second-order valence-corrected chi connectivity index (χ2v) is 8.71. The number of amides is 1. The van der Waals surface area contributed by atoms with E-state index in [9.17, 15) is 13.2 Å². The summed E-state index contributed by atoms with van der Waals surface area (Å²) in [7, 11) is -3.70. The molecule has 0 aliphatic rings. The molecule has 1 N–H and O–H groups in total. The molecule has 2 heterocycles. The van der Waals surface area contributed by atoms with Crippen molar-refractivity contribution in [1.82, 2.24) is 14.3 Å². The van der Waals surface area contributed by atoms with Crippen molar-refractivity contribution in [3.63, 3.8) is 0 Å². The summed E-state index contributed by atoms with van der Waals surface area (Å²) in [6, 6.07) is 7.89. The fraction of sp³-hybridized carbons (Fsp3) is 0.105. The maximum atomic E-state index is 12.9. The SMILES string of the molecule is C=CCN(CC=C)S(=O)(=O)c1ccc2nc(NC(=O)c3ccncc3)sc2c1. The minimum Gasteiger partial charge on any atom is -0.298 e. The van der Waals surface area contributed by atoms with Gasteiger partial charge >= 0.3 is 0 Å². The fourth-order valence-electron chi connectivity index (χ4n) is 2.50. The second-order valence-electron chi connectivity index (χ2n) is 5.74. The van der Waals surface area contributed by atoms with Crippen molar-refractivity contribution in [3.8, 4) is 0 Å². The molecule has 7 nitrogen and oxygen atoms in total. The van der Waals surface area contributed by atoms with Gasteiger partial charge < -0.3 is 0 Å². The first-order valence-corrected chi connectivity index (χ1v) is 10.6. The number of aromatic nitrogens is 2. The molecule has 0 atom stereocenters. The summed E-state index contributed by atoms with van der Waals surface area (Å²) in [6.45, 7) is 7.57. The van der Waals surface area contributed by atoms with Crippen LogP contribution in [0.15, 0.2) is 72.9 Å². The predicted molar refractivity (Wildman–Crippen MR) is 111 cm³/mol. The maximum absolute atomic E-state index is 12.9. The van der Waals surface area contributed by atoms with E-state index in [1.54, 1.807) is 24.3 Å². The molecule has 3 aromatic rings. The van der Waals surface area contributed by atoms with E-state index in [1.807, 2.05) is 0 Å². The van der Waals surface area contributed by atoms with Crippen molar-refractivity contribution in [2.24, 2.45) is 0 Å². The first kappa shape index (κ1) is 19.9. The molecule has 0 unspecified atom stereocenters. The third-order valence-corrected chi connectivity index (χ3v) is 6.59. The molecule has 0 fully saturated rings. The summed E-state index contributed by atoms with van der Waals surface area (Å²) in [5.74, 6) is -0.308. The molecule has 1 amide bonds. The molecular formula is C19H18N4O3S2. The molecule has 3 rings (SSSR count). The Balaban J connectivity index is 1.89. The van der Waals surface area contributed by atoms with E-state index in [0.29, 0.717) is 20.9 Å². The van der Waals surface area contributed by atoms with Gasteiger partial charge in [-0.25, -0.2) is 13.4 Å². The molecule has 144 valence electrons. The van der Waals surface area contributed by atoms with Crippen molar-refractivity contribution in [2.45, 2.75) is 4.90 Å². The Morgan fingerprint density at radius 1 is 1.14 bits per heavy atom. The molecule has 0 radical (unpaired) electrons. The topological polar surface area (TPSA) is 92.3 Å². The summed E-state index contributed by atoms with van der Waals surface area (Å²) in [5.41, 5.74) is 1.06. The van der Waals surface area contributed by atoms with Gasteiger partial charge in [0, 0.05) is 31.0 Å². The van der Waals surface area contributed by atoms with Crippen LogP contribution in [0.5, 0.6) is 0 Å². The lowest BCUT2D eigenvalue weighted by molar-refractivity contribution is 0.102. The molecule has 2 aromatic heterocycles. The van der Waals surface area contributed by atoms with Crippen LogP contribution in [0.25, 0.3) is 10.2 Å². The normalized spacial score (nSPS) is 11.5. The first-order valence-electron chi connectivity index (χ1n) is 8.29. The first-order chi connectivity index (χ1) is 13.5. The van der Waals surface area contributed by atoms with E-state index in [1.165, 1.54) is 46.3 Å². The number of pyridine rings is 1. The molecular weight excluding hydrogens is 396 g/mol. The summed E-state index contributed by atoms with van der Waals surface area (Å²) in [5, 5.41) is 3.11. The molecule has 1 aromatic carbocycles. The van der Waals surface area contributed by atoms with Gasteiger partial charge in [-0.05, 0) is 30.3 Å². The number of nitrogens with one attached hydrogen (secondary N) is 1. The highest BCUT2D eigenvalue weighted by Gasteiger charge is 2.23. The van der Waals surface area contributed by atoms with Gasteiger partial charge in [0.15, 0.2) is 5.13 Å². The molecule has 9 heteroatoms. The van der Waals surface area contributed by atoms with Crippen LogP contribution < -0.4 is 5.32 Å². The molecule has 0 saturated carbocycles. The van der Waals surface area contributed by atoms with Gasteiger partial charge in [-0.1, -0.05) is 23.5 Å². The van der Waals surface area contributed by atoms with Crippen LogP contribution in [0.4, 0.5) is 5.13 Å². The zero-order valence-corrected chi connectivity index (χ0v) is 16.5. The van der Waals surface area contributed by atoms with Crippen LogP contribution in [-0.2, 0) is 10.0 Å². The van der Waals surface area contributed by atoms with Crippen molar-refractivity contribution < 1.29 is 13.2 Å². The summed E-state index contributed by atoms with van der Waals surface area (Å²) < 4.78 is 27.7. The van der Waals surface area contributed by atoms with E-state index in [-0.39, 0.29) is 23.9 Å². The van der Waals surface area contributed by atoms with E-state index in [4.69, 9.17) is 0 Å². The van der Waals surface area contributed by atoms with Crippen molar-refractivity contribution in [3.05, 3.63) is 73.6 Å². The average Bonchev–Trinajstić information content (AvgIpc) is 3.09. The zero-order chi connectivity index (χ0) is 20.1. The van der Waals surface area contributed by atoms with E-state index in [2.05, 4.69) is 28.4 Å². The Labute approximate surface area is 167 Å². The van der Waals surface area contributed by atoms with Crippen molar-refractivity contribution >= 4 is 42.6 Å². The summed E-state index contributed by atoms with van der Waals surface area (Å²) in [4.78, 5) is 20.6. The predicted octanol–water partition coefficient (Wildman–Crippen LogP) is 3.31. The van der Waals surface area contributed by atoms with Crippen LogP contribution in [0.1, 0.15) is 10.4 Å². The van der Waals surface area contributed by atoms with E-state index < -0.39 is 10.0 Å². The zero-order valence-electron chi connectivity index (χ0n) is 14.9. The number of carbonyl (C=O) groups excluding carboxylic acids is 1. The minimum atomic E-state index is -3.70. The lowest BCUT2D eigenvalue weighted by Crippen LogP contribution is -2.31. The van der Waals surface area contributed by atoms with Crippen LogP contribution in [0.3, 0.4) is 0 Å². The molecule has 0 saturated heterocycles. The number of hydrogen-bond acceptors (Lipinski definition) is 6.